The molecule has 0 unspecified atom stereocenters. The highest BCUT2D eigenvalue weighted by atomic mass is 127. The molecule has 10 heteroatoms. The molecule has 0 radical (unpaired) electrons. The van der Waals surface area contributed by atoms with Crippen molar-refractivity contribution < 1.29 is 19.5 Å². The maximum atomic E-state index is 12.6. The Morgan fingerprint density at radius 2 is 1.71 bits per heavy atom. The van der Waals surface area contributed by atoms with Crippen molar-refractivity contribution in [3.63, 3.8) is 0 Å². The summed E-state index contributed by atoms with van der Waals surface area (Å²) in [7, 11) is 0. The second-order valence-electron chi connectivity index (χ2n) is 5.66. The highest BCUT2D eigenvalue weighted by molar-refractivity contribution is 14.1. The summed E-state index contributed by atoms with van der Waals surface area (Å²) < 4.78 is 2.32. The zero-order chi connectivity index (χ0) is 20.4. The Morgan fingerprint density at radius 1 is 1.11 bits per heavy atom. The van der Waals surface area contributed by atoms with Crippen molar-refractivity contribution in [2.45, 2.75) is 0 Å². The van der Waals surface area contributed by atoms with Gasteiger partial charge < -0.3 is 10.4 Å². The van der Waals surface area contributed by atoms with Crippen LogP contribution in [0.3, 0.4) is 0 Å². The van der Waals surface area contributed by atoms with Crippen LogP contribution < -0.4 is 5.32 Å². The molecule has 0 bridgehead atoms. The predicted octanol–water partition coefficient (Wildman–Crippen LogP) is 4.88. The lowest BCUT2D eigenvalue weighted by Crippen LogP contribution is -2.36. The van der Waals surface area contributed by atoms with Gasteiger partial charge in [0.1, 0.15) is 12.3 Å². The molecule has 2 aromatic rings. The molecule has 2 N–H and O–H groups in total. The smallest absolute Gasteiger partial charge is 0.294 e. The monoisotopic (exact) mass is 732 g/mol. The Labute approximate surface area is 205 Å². The van der Waals surface area contributed by atoms with Crippen molar-refractivity contribution >= 4 is 108 Å². The number of phenols is 1. The van der Waals surface area contributed by atoms with E-state index in [1.54, 1.807) is 30.3 Å². The highest BCUT2D eigenvalue weighted by Gasteiger charge is 2.36. The molecule has 1 fully saturated rings. The molecule has 3 rings (SSSR count). The summed E-state index contributed by atoms with van der Waals surface area (Å²) in [4.78, 5) is 38.2. The second kappa shape index (κ2) is 9.30. The number of amides is 3. The summed E-state index contributed by atoms with van der Waals surface area (Å²) in [6.45, 7) is -0.349. The molecule has 1 aliphatic rings. The van der Waals surface area contributed by atoms with E-state index in [2.05, 4.69) is 27.9 Å². The van der Waals surface area contributed by atoms with Crippen molar-refractivity contribution in [1.82, 2.24) is 4.90 Å². The van der Waals surface area contributed by atoms with Crippen molar-refractivity contribution in [2.24, 2.45) is 0 Å². The van der Waals surface area contributed by atoms with E-state index in [9.17, 15) is 19.5 Å². The zero-order valence-corrected chi connectivity index (χ0v) is 21.2. The number of halogens is 3. The molecule has 1 aliphatic heterocycles. The Morgan fingerprint density at radius 3 is 2.32 bits per heavy atom. The van der Waals surface area contributed by atoms with E-state index in [1.807, 2.05) is 57.3 Å². The lowest BCUT2D eigenvalue weighted by molar-refractivity contribution is -0.127. The highest BCUT2D eigenvalue weighted by Crippen LogP contribution is 2.34. The maximum absolute atomic E-state index is 12.6. The van der Waals surface area contributed by atoms with E-state index in [0.29, 0.717) is 18.4 Å². The summed E-state index contributed by atoms with van der Waals surface area (Å²) in [6, 6.07) is 10.6. The van der Waals surface area contributed by atoms with Gasteiger partial charge in [-0.25, -0.2) is 0 Å². The molecule has 0 saturated carbocycles. The van der Waals surface area contributed by atoms with Crippen LogP contribution in [-0.4, -0.2) is 33.6 Å². The number of aromatic hydroxyl groups is 1. The molecular weight excluding hydrogens is 721 g/mol. The van der Waals surface area contributed by atoms with Gasteiger partial charge >= 0.3 is 0 Å². The van der Waals surface area contributed by atoms with Gasteiger partial charge in [-0.05, 0) is 128 Å². The molecule has 0 aliphatic carbocycles. The van der Waals surface area contributed by atoms with Gasteiger partial charge in [0.25, 0.3) is 11.1 Å². The molecule has 28 heavy (non-hydrogen) atoms. The summed E-state index contributed by atoms with van der Waals surface area (Å²) >= 11 is 6.95. The number of carbonyl (C=O) groups is 3. The zero-order valence-electron chi connectivity index (χ0n) is 13.9. The van der Waals surface area contributed by atoms with Crippen LogP contribution in [0.2, 0.25) is 0 Å². The maximum Gasteiger partial charge on any atom is 0.294 e. The third-order valence-corrected chi connectivity index (χ3v) is 6.91. The minimum Gasteiger partial charge on any atom is -0.506 e. The largest absolute Gasteiger partial charge is 0.506 e. The predicted molar refractivity (Wildman–Crippen MR) is 134 cm³/mol. The number of thioether (sulfide) groups is 1. The van der Waals surface area contributed by atoms with Crippen LogP contribution in [0, 0.1) is 10.7 Å². The van der Waals surface area contributed by atoms with E-state index >= 15 is 0 Å². The van der Waals surface area contributed by atoms with Crippen LogP contribution in [0.5, 0.6) is 5.75 Å². The van der Waals surface area contributed by atoms with Crippen LogP contribution in [0.25, 0.3) is 6.08 Å². The number of nitrogens with zero attached hydrogens (tertiary/aromatic N) is 1. The first-order chi connectivity index (χ1) is 13.2. The third kappa shape index (κ3) is 5.18. The number of hydrogen-bond acceptors (Lipinski definition) is 5. The number of anilines is 1. The number of nitrogens with one attached hydrogen (secondary N) is 1. The second-order valence-corrected chi connectivity index (χ2v) is 10.2. The standard InChI is InChI=1S/C18H11I3N2O4S/c19-10-1-3-11(4-2-10)22-15(24)8-23-17(26)14(28-18(23)27)7-9-5-12(20)16(25)13(21)6-9/h1-7,25H,8H2,(H,22,24)/b14-7+. The van der Waals surface area contributed by atoms with Gasteiger partial charge in [0.2, 0.25) is 5.91 Å². The average molecular weight is 732 g/mol. The van der Waals surface area contributed by atoms with Crippen molar-refractivity contribution in [3.8, 4) is 5.75 Å². The normalized spacial score (nSPS) is 15.4. The number of phenolic OH excluding ortho intramolecular Hbond substituents is 1. The van der Waals surface area contributed by atoms with Crippen molar-refractivity contribution in [1.29, 1.82) is 0 Å². The van der Waals surface area contributed by atoms with E-state index < -0.39 is 17.1 Å². The van der Waals surface area contributed by atoms with E-state index in [4.69, 9.17) is 0 Å². The number of rotatable bonds is 4. The van der Waals surface area contributed by atoms with E-state index in [1.165, 1.54) is 0 Å². The molecule has 2 aromatic carbocycles. The molecule has 0 spiro atoms. The number of hydrogen-bond donors (Lipinski definition) is 2. The summed E-state index contributed by atoms with van der Waals surface area (Å²) in [5.74, 6) is -0.775. The van der Waals surface area contributed by atoms with Gasteiger partial charge in [0.15, 0.2) is 0 Å². The van der Waals surface area contributed by atoms with Gasteiger partial charge in [-0.15, -0.1) is 0 Å². The van der Waals surface area contributed by atoms with E-state index in [0.717, 1.165) is 20.2 Å². The molecule has 144 valence electrons. The molecule has 6 nitrogen and oxygen atoms in total. The topological polar surface area (TPSA) is 86.7 Å². The van der Waals surface area contributed by atoms with Gasteiger partial charge in [-0.1, -0.05) is 0 Å². The number of imide groups is 1. The SMILES string of the molecule is O=C(CN1C(=O)S/C(=C/c2cc(I)c(O)c(I)c2)C1=O)Nc1ccc(I)cc1. The van der Waals surface area contributed by atoms with E-state index in [-0.39, 0.29) is 17.2 Å². The molecule has 0 atom stereocenters. The lowest BCUT2D eigenvalue weighted by Gasteiger charge is -2.12. The minimum absolute atomic E-state index is 0.179. The average Bonchev–Trinajstić information content (AvgIpc) is 2.89. The molecular formula is C18H11I3N2O4S. The Kier molecular flexibility index (Phi) is 7.25. The molecule has 1 heterocycles. The van der Waals surface area contributed by atoms with Crippen LogP contribution >= 0.6 is 79.5 Å². The van der Waals surface area contributed by atoms with Crippen LogP contribution in [-0.2, 0) is 9.59 Å². The lowest BCUT2D eigenvalue weighted by atomic mass is 10.2. The summed E-state index contributed by atoms with van der Waals surface area (Å²) in [5, 5.41) is 12.0. The first-order valence-corrected chi connectivity index (χ1v) is 11.8. The van der Waals surface area contributed by atoms with Gasteiger partial charge in [0.05, 0.1) is 12.0 Å². The number of carbonyl (C=O) groups excluding carboxylic acids is 3. The fourth-order valence-corrected chi connectivity index (χ4v) is 5.35. The fourth-order valence-electron chi connectivity index (χ4n) is 2.33. The minimum atomic E-state index is -0.508. The van der Waals surface area contributed by atoms with Gasteiger partial charge in [-0.2, -0.15) is 0 Å². The summed E-state index contributed by atoms with van der Waals surface area (Å²) in [5.41, 5.74) is 1.29. The quantitative estimate of drug-likeness (QED) is 0.346. The first kappa shape index (κ1) is 21.8. The Balaban J connectivity index is 1.72. The van der Waals surface area contributed by atoms with Gasteiger partial charge in [0, 0.05) is 9.26 Å². The van der Waals surface area contributed by atoms with Crippen LogP contribution in [0.1, 0.15) is 5.56 Å². The Hall–Kier alpha value is -0.870. The molecule has 1 saturated heterocycles. The Bertz CT molecular complexity index is 985. The van der Waals surface area contributed by atoms with Crippen LogP contribution in [0.15, 0.2) is 41.3 Å². The van der Waals surface area contributed by atoms with Crippen molar-refractivity contribution in [3.05, 3.63) is 57.6 Å². The molecule has 0 aromatic heterocycles. The molecule has 3 amide bonds. The number of benzene rings is 2. The van der Waals surface area contributed by atoms with Crippen LogP contribution in [0.4, 0.5) is 10.5 Å². The van der Waals surface area contributed by atoms with Gasteiger partial charge in [-0.3, -0.25) is 19.3 Å². The summed E-state index contributed by atoms with van der Waals surface area (Å²) in [6.07, 6.45) is 1.59. The first-order valence-electron chi connectivity index (χ1n) is 7.73. The van der Waals surface area contributed by atoms with Crippen molar-refractivity contribution in [2.75, 3.05) is 11.9 Å². The third-order valence-electron chi connectivity index (χ3n) is 3.64. The fraction of sp³-hybridized carbons (Fsp3) is 0.0556.